The van der Waals surface area contributed by atoms with Gasteiger partial charge in [-0.1, -0.05) is 18.9 Å². The molecular formula is C12H19N3O. The average Bonchev–Trinajstić information content (AvgIpc) is 2.22. The fourth-order valence-electron chi connectivity index (χ4n) is 1.34. The van der Waals surface area contributed by atoms with Crippen LogP contribution in [0.15, 0.2) is 18.5 Å². The molecule has 0 atom stereocenters. The topological polar surface area (TPSA) is 61.0 Å². The monoisotopic (exact) mass is 221 g/mol. The van der Waals surface area contributed by atoms with Crippen molar-refractivity contribution in [2.24, 2.45) is 0 Å². The van der Waals surface area contributed by atoms with E-state index in [1.54, 1.807) is 0 Å². The lowest BCUT2D eigenvalue weighted by molar-refractivity contribution is 0.305. The van der Waals surface area contributed by atoms with E-state index in [1.807, 2.05) is 6.92 Å². The number of nitrogen functional groups attached to an aromatic ring is 1. The summed E-state index contributed by atoms with van der Waals surface area (Å²) < 4.78 is 5.59. The van der Waals surface area contributed by atoms with Crippen LogP contribution in [0.25, 0.3) is 0 Å². The molecule has 0 unspecified atom stereocenters. The van der Waals surface area contributed by atoms with Gasteiger partial charge in [-0.3, -0.25) is 0 Å². The van der Waals surface area contributed by atoms with Crippen LogP contribution in [0.1, 0.15) is 32.3 Å². The summed E-state index contributed by atoms with van der Waals surface area (Å²) in [7, 11) is 0. The lowest BCUT2D eigenvalue weighted by Crippen LogP contribution is -2.06. The van der Waals surface area contributed by atoms with E-state index >= 15 is 0 Å². The Morgan fingerprint density at radius 2 is 2.25 bits per heavy atom. The Bertz CT molecular complexity index is 363. The highest BCUT2D eigenvalue weighted by atomic mass is 16.5. The van der Waals surface area contributed by atoms with E-state index in [4.69, 9.17) is 10.5 Å². The lowest BCUT2D eigenvalue weighted by atomic mass is 10.2. The average molecular weight is 221 g/mol. The van der Waals surface area contributed by atoms with Crippen LogP contribution in [0.4, 0.5) is 5.82 Å². The first-order valence-corrected chi connectivity index (χ1v) is 5.51. The van der Waals surface area contributed by atoms with Crippen molar-refractivity contribution in [2.75, 3.05) is 12.3 Å². The molecule has 4 heteroatoms. The van der Waals surface area contributed by atoms with E-state index in [9.17, 15) is 0 Å². The molecule has 0 aliphatic carbocycles. The molecular weight excluding hydrogens is 202 g/mol. The maximum absolute atomic E-state index is 5.79. The number of hydrogen-bond acceptors (Lipinski definition) is 4. The Balaban J connectivity index is 2.70. The highest BCUT2D eigenvalue weighted by Crippen LogP contribution is 2.21. The van der Waals surface area contributed by atoms with E-state index < -0.39 is 0 Å². The molecule has 0 aliphatic heterocycles. The van der Waals surface area contributed by atoms with Gasteiger partial charge in [0.15, 0.2) is 0 Å². The predicted octanol–water partition coefficient (Wildman–Crippen LogP) is 2.36. The fraction of sp³-hybridized carbons (Fsp3) is 0.500. The van der Waals surface area contributed by atoms with Crippen LogP contribution >= 0.6 is 0 Å². The first-order chi connectivity index (χ1) is 7.65. The van der Waals surface area contributed by atoms with Gasteiger partial charge in [-0.15, -0.1) is 6.58 Å². The van der Waals surface area contributed by atoms with Gasteiger partial charge < -0.3 is 10.5 Å². The molecule has 0 amide bonds. The smallest absolute Gasteiger partial charge is 0.221 e. The Morgan fingerprint density at radius 1 is 1.50 bits per heavy atom. The minimum Gasteiger partial charge on any atom is -0.477 e. The summed E-state index contributed by atoms with van der Waals surface area (Å²) in [6, 6.07) is 0. The largest absolute Gasteiger partial charge is 0.477 e. The third kappa shape index (κ3) is 3.53. The van der Waals surface area contributed by atoms with E-state index in [1.165, 1.54) is 6.33 Å². The Hall–Kier alpha value is -1.58. The summed E-state index contributed by atoms with van der Waals surface area (Å²) in [6.45, 7) is 8.48. The van der Waals surface area contributed by atoms with Crippen molar-refractivity contribution in [1.82, 2.24) is 9.97 Å². The van der Waals surface area contributed by atoms with Crippen LogP contribution in [0.2, 0.25) is 0 Å². The minimum atomic E-state index is 0.516. The normalized spacial score (nSPS) is 10.1. The van der Waals surface area contributed by atoms with E-state index in [0.717, 1.165) is 30.4 Å². The minimum absolute atomic E-state index is 0.516. The summed E-state index contributed by atoms with van der Waals surface area (Å²) in [5, 5.41) is 0. The summed E-state index contributed by atoms with van der Waals surface area (Å²) in [5.74, 6) is 1.12. The summed E-state index contributed by atoms with van der Waals surface area (Å²) in [5.41, 5.74) is 7.80. The summed E-state index contributed by atoms with van der Waals surface area (Å²) in [4.78, 5) is 8.08. The molecule has 0 bridgehead atoms. The number of rotatable bonds is 6. The second-order valence-electron chi connectivity index (χ2n) is 3.85. The second-order valence-corrected chi connectivity index (χ2v) is 3.85. The molecule has 0 saturated heterocycles. The lowest BCUT2D eigenvalue weighted by Gasteiger charge is -2.10. The van der Waals surface area contributed by atoms with Crippen molar-refractivity contribution in [2.45, 2.75) is 33.1 Å². The van der Waals surface area contributed by atoms with Crippen molar-refractivity contribution in [1.29, 1.82) is 0 Å². The van der Waals surface area contributed by atoms with Crippen molar-refractivity contribution < 1.29 is 4.74 Å². The number of anilines is 1. The molecule has 0 saturated carbocycles. The van der Waals surface area contributed by atoms with Crippen molar-refractivity contribution in [3.05, 3.63) is 24.0 Å². The molecule has 0 aliphatic rings. The molecule has 0 radical (unpaired) electrons. The number of nitrogens with zero attached hydrogens (tertiary/aromatic N) is 2. The summed E-state index contributed by atoms with van der Waals surface area (Å²) >= 11 is 0. The van der Waals surface area contributed by atoms with E-state index in [2.05, 4.69) is 23.5 Å². The number of nitrogens with two attached hydrogens (primary N) is 1. The number of hydrogen-bond donors (Lipinski definition) is 1. The van der Waals surface area contributed by atoms with Gasteiger partial charge in [-0.05, 0) is 13.3 Å². The van der Waals surface area contributed by atoms with Gasteiger partial charge in [-0.25, -0.2) is 9.97 Å². The molecule has 0 fully saturated rings. The van der Waals surface area contributed by atoms with Crippen molar-refractivity contribution in [3.8, 4) is 5.88 Å². The molecule has 1 aromatic rings. The van der Waals surface area contributed by atoms with Gasteiger partial charge in [0.05, 0.1) is 12.2 Å². The maximum atomic E-state index is 5.79. The van der Waals surface area contributed by atoms with Gasteiger partial charge in [0.25, 0.3) is 0 Å². The van der Waals surface area contributed by atoms with Crippen LogP contribution in [0.5, 0.6) is 5.88 Å². The van der Waals surface area contributed by atoms with Crippen molar-refractivity contribution >= 4 is 5.82 Å². The quantitative estimate of drug-likeness (QED) is 0.749. The van der Waals surface area contributed by atoms with Gasteiger partial charge in [0, 0.05) is 6.42 Å². The van der Waals surface area contributed by atoms with Gasteiger partial charge in [0.1, 0.15) is 12.1 Å². The predicted molar refractivity (Wildman–Crippen MR) is 65.4 cm³/mol. The molecule has 0 spiro atoms. The second kappa shape index (κ2) is 6.10. The maximum Gasteiger partial charge on any atom is 0.221 e. The molecule has 16 heavy (non-hydrogen) atoms. The van der Waals surface area contributed by atoms with Gasteiger partial charge >= 0.3 is 0 Å². The van der Waals surface area contributed by atoms with Crippen LogP contribution in [-0.2, 0) is 6.42 Å². The third-order valence-corrected chi connectivity index (χ3v) is 2.21. The Kier molecular flexibility index (Phi) is 4.76. The summed E-state index contributed by atoms with van der Waals surface area (Å²) in [6.07, 6.45) is 4.10. The fourth-order valence-corrected chi connectivity index (χ4v) is 1.34. The van der Waals surface area contributed by atoms with Crippen LogP contribution in [-0.4, -0.2) is 16.6 Å². The van der Waals surface area contributed by atoms with Gasteiger partial charge in [-0.2, -0.15) is 0 Å². The molecule has 1 aromatic heterocycles. The molecule has 1 heterocycles. The third-order valence-electron chi connectivity index (χ3n) is 2.21. The Morgan fingerprint density at radius 3 is 2.88 bits per heavy atom. The van der Waals surface area contributed by atoms with Crippen LogP contribution in [0.3, 0.4) is 0 Å². The zero-order valence-electron chi connectivity index (χ0n) is 9.99. The Labute approximate surface area is 96.6 Å². The molecule has 2 N–H and O–H groups in total. The molecule has 1 rings (SSSR count). The molecule has 0 aromatic carbocycles. The van der Waals surface area contributed by atoms with Gasteiger partial charge in [0.2, 0.25) is 5.88 Å². The van der Waals surface area contributed by atoms with Crippen molar-refractivity contribution in [3.63, 3.8) is 0 Å². The molecule has 4 nitrogen and oxygen atoms in total. The highest BCUT2D eigenvalue weighted by molar-refractivity contribution is 5.44. The number of aromatic nitrogens is 2. The standard InChI is InChI=1S/C12H19N3O/c1-4-5-10-11(13)14-8-15-12(10)16-7-6-9(2)3/h8H,2,4-7H2,1,3H3,(H2,13,14,15). The van der Waals surface area contributed by atoms with E-state index in [0.29, 0.717) is 18.3 Å². The molecule has 88 valence electrons. The first-order valence-electron chi connectivity index (χ1n) is 5.51. The van der Waals surface area contributed by atoms with Crippen LogP contribution in [0, 0.1) is 0 Å². The number of ether oxygens (including phenoxy) is 1. The SMILES string of the molecule is C=C(C)CCOc1ncnc(N)c1CCC. The zero-order chi connectivity index (χ0) is 12.0. The highest BCUT2D eigenvalue weighted by Gasteiger charge is 2.09. The van der Waals surface area contributed by atoms with Crippen LogP contribution < -0.4 is 10.5 Å². The van der Waals surface area contributed by atoms with E-state index in [-0.39, 0.29) is 0 Å². The zero-order valence-corrected chi connectivity index (χ0v) is 9.99. The first kappa shape index (κ1) is 12.5.